The van der Waals surface area contributed by atoms with E-state index in [1.807, 2.05) is 0 Å². The third-order valence-electron chi connectivity index (χ3n) is 0.396. The van der Waals surface area contributed by atoms with Crippen molar-refractivity contribution in [3.05, 3.63) is 10.4 Å². The van der Waals surface area contributed by atoms with Crippen molar-refractivity contribution < 1.29 is 4.39 Å². The molecule has 0 aliphatic carbocycles. The lowest BCUT2D eigenvalue weighted by molar-refractivity contribution is 0.370. The Morgan fingerprint density at radius 1 is 2.00 bits per heavy atom. The first-order valence-corrected chi connectivity index (χ1v) is 1.92. The average molecular weight is 103 g/mol. The van der Waals surface area contributed by atoms with Gasteiger partial charge in [-0.25, -0.2) is 4.39 Å². The van der Waals surface area contributed by atoms with Gasteiger partial charge in [0.05, 0.1) is 6.54 Å². The van der Waals surface area contributed by atoms with E-state index in [9.17, 15) is 4.39 Å². The van der Waals surface area contributed by atoms with Gasteiger partial charge in [0.25, 0.3) is 0 Å². The second-order valence-electron chi connectivity index (χ2n) is 1.19. The lowest BCUT2D eigenvalue weighted by Crippen LogP contribution is -1.94. The molecule has 1 unspecified atom stereocenters. The van der Waals surface area contributed by atoms with Crippen LogP contribution in [-0.4, -0.2) is 12.7 Å². The predicted octanol–water partition coefficient (Wildman–Crippen LogP) is 1.65. The SMILES string of the molecule is CC(F)CN=[N+]=[N-]. The van der Waals surface area contributed by atoms with Gasteiger partial charge in [-0.05, 0) is 12.5 Å². The predicted molar refractivity (Wildman–Crippen MR) is 24.6 cm³/mol. The molecular weight excluding hydrogens is 97.1 g/mol. The molecule has 4 heteroatoms. The van der Waals surface area contributed by atoms with E-state index in [1.165, 1.54) is 6.92 Å². The fourth-order valence-electron chi connectivity index (χ4n) is 0.149. The molecule has 0 heterocycles. The van der Waals surface area contributed by atoms with Crippen LogP contribution in [0.1, 0.15) is 6.92 Å². The summed E-state index contributed by atoms with van der Waals surface area (Å²) in [6.45, 7) is 1.28. The van der Waals surface area contributed by atoms with Gasteiger partial charge >= 0.3 is 0 Å². The highest BCUT2D eigenvalue weighted by Gasteiger charge is 1.90. The van der Waals surface area contributed by atoms with Crippen LogP contribution in [0.15, 0.2) is 5.11 Å². The fourth-order valence-corrected chi connectivity index (χ4v) is 0.149. The Morgan fingerprint density at radius 3 is 2.71 bits per heavy atom. The number of hydrogen-bond acceptors (Lipinski definition) is 1. The van der Waals surface area contributed by atoms with Crippen LogP contribution in [0.25, 0.3) is 10.4 Å². The highest BCUT2D eigenvalue weighted by molar-refractivity contribution is 4.51. The molecule has 0 saturated heterocycles. The number of hydrogen-bond donors (Lipinski definition) is 0. The van der Waals surface area contributed by atoms with Crippen LogP contribution in [0.2, 0.25) is 0 Å². The highest BCUT2D eigenvalue weighted by Crippen LogP contribution is 1.86. The second-order valence-corrected chi connectivity index (χ2v) is 1.19. The van der Waals surface area contributed by atoms with Crippen LogP contribution in [0.4, 0.5) is 4.39 Å². The monoisotopic (exact) mass is 103 g/mol. The molecule has 0 N–H and O–H groups in total. The molecule has 0 bridgehead atoms. The summed E-state index contributed by atoms with van der Waals surface area (Å²) in [6, 6.07) is 0. The highest BCUT2D eigenvalue weighted by atomic mass is 19.1. The van der Waals surface area contributed by atoms with Crippen LogP contribution >= 0.6 is 0 Å². The first kappa shape index (κ1) is 6.24. The molecule has 7 heavy (non-hydrogen) atoms. The molecule has 0 radical (unpaired) electrons. The molecule has 0 aromatic heterocycles. The summed E-state index contributed by atoms with van der Waals surface area (Å²) in [5, 5.41) is 2.98. The van der Waals surface area contributed by atoms with Gasteiger partial charge < -0.3 is 0 Å². The molecule has 0 amide bonds. The summed E-state index contributed by atoms with van der Waals surface area (Å²) in [6.07, 6.45) is -1.02. The van der Waals surface area contributed by atoms with Crippen molar-refractivity contribution in [2.45, 2.75) is 13.1 Å². The van der Waals surface area contributed by atoms with Crippen molar-refractivity contribution in [1.29, 1.82) is 0 Å². The van der Waals surface area contributed by atoms with Gasteiger partial charge in [-0.2, -0.15) is 0 Å². The lowest BCUT2D eigenvalue weighted by atomic mass is 10.5. The molecule has 0 spiro atoms. The zero-order valence-corrected chi connectivity index (χ0v) is 4.00. The maximum absolute atomic E-state index is 11.6. The smallest absolute Gasteiger partial charge is 0.103 e. The average Bonchev–Trinajstić information content (AvgIpc) is 1.61. The van der Waals surface area contributed by atoms with Gasteiger partial charge in [-0.15, -0.1) is 0 Å². The van der Waals surface area contributed by atoms with Crippen LogP contribution in [0, 0.1) is 0 Å². The summed E-state index contributed by atoms with van der Waals surface area (Å²) in [4.78, 5) is 2.36. The van der Waals surface area contributed by atoms with Gasteiger partial charge in [0.2, 0.25) is 0 Å². The van der Waals surface area contributed by atoms with E-state index in [1.54, 1.807) is 0 Å². The first-order chi connectivity index (χ1) is 3.27. The number of rotatable bonds is 2. The third-order valence-corrected chi connectivity index (χ3v) is 0.396. The van der Waals surface area contributed by atoms with Gasteiger partial charge in [-0.3, -0.25) is 0 Å². The summed E-state index contributed by atoms with van der Waals surface area (Å²) in [7, 11) is 0. The minimum Gasteiger partial charge on any atom is -0.248 e. The van der Waals surface area contributed by atoms with Crippen LogP contribution in [0.5, 0.6) is 0 Å². The zero-order valence-electron chi connectivity index (χ0n) is 4.00. The molecule has 0 saturated carbocycles. The van der Waals surface area contributed by atoms with Gasteiger partial charge in [-0.1, -0.05) is 5.11 Å². The quantitative estimate of drug-likeness (QED) is 0.290. The molecule has 3 nitrogen and oxygen atoms in total. The van der Waals surface area contributed by atoms with E-state index in [-0.39, 0.29) is 6.54 Å². The third kappa shape index (κ3) is 5.24. The van der Waals surface area contributed by atoms with E-state index < -0.39 is 6.17 Å². The molecule has 0 fully saturated rings. The Kier molecular flexibility index (Phi) is 3.06. The summed E-state index contributed by atoms with van der Waals surface area (Å²) in [5.41, 5.74) is 7.61. The first-order valence-electron chi connectivity index (χ1n) is 1.92. The van der Waals surface area contributed by atoms with E-state index in [4.69, 9.17) is 5.53 Å². The lowest BCUT2D eigenvalue weighted by Gasteiger charge is -1.87. The molecule has 1 atom stereocenters. The Morgan fingerprint density at radius 2 is 2.57 bits per heavy atom. The van der Waals surface area contributed by atoms with Crippen molar-refractivity contribution in [1.82, 2.24) is 0 Å². The Labute approximate surface area is 40.8 Å². The maximum atomic E-state index is 11.6. The number of azide groups is 1. The minimum atomic E-state index is -1.02. The summed E-state index contributed by atoms with van der Waals surface area (Å²) >= 11 is 0. The van der Waals surface area contributed by atoms with Crippen LogP contribution in [0.3, 0.4) is 0 Å². The normalized spacial score (nSPS) is 12.3. The number of alkyl halides is 1. The molecular formula is C3H6FN3. The molecule has 0 rings (SSSR count). The van der Waals surface area contributed by atoms with E-state index in [2.05, 4.69) is 10.0 Å². The number of halogens is 1. The Hall–Kier alpha value is -0.760. The topological polar surface area (TPSA) is 48.8 Å². The van der Waals surface area contributed by atoms with E-state index in [0.29, 0.717) is 0 Å². The maximum Gasteiger partial charge on any atom is 0.103 e. The van der Waals surface area contributed by atoms with Gasteiger partial charge in [0.1, 0.15) is 6.17 Å². The van der Waals surface area contributed by atoms with Crippen LogP contribution < -0.4 is 0 Å². The van der Waals surface area contributed by atoms with Gasteiger partial charge in [0.15, 0.2) is 0 Å². The Bertz CT molecular complexity index is 84.2. The van der Waals surface area contributed by atoms with Crippen molar-refractivity contribution in [2.24, 2.45) is 5.11 Å². The van der Waals surface area contributed by atoms with Crippen molar-refractivity contribution in [2.75, 3.05) is 6.54 Å². The van der Waals surface area contributed by atoms with Crippen molar-refractivity contribution in [3.63, 3.8) is 0 Å². The molecule has 0 aromatic carbocycles. The standard InChI is InChI=1S/C3H6FN3/c1-3(4)2-6-7-5/h3H,2H2,1H3. The van der Waals surface area contributed by atoms with Crippen molar-refractivity contribution in [3.8, 4) is 0 Å². The van der Waals surface area contributed by atoms with Gasteiger partial charge in [0, 0.05) is 4.91 Å². The second kappa shape index (κ2) is 3.43. The van der Waals surface area contributed by atoms with Crippen molar-refractivity contribution >= 4 is 0 Å². The number of nitrogens with zero attached hydrogens (tertiary/aromatic N) is 3. The molecule has 0 aliphatic heterocycles. The van der Waals surface area contributed by atoms with E-state index >= 15 is 0 Å². The van der Waals surface area contributed by atoms with E-state index in [0.717, 1.165) is 0 Å². The fraction of sp³-hybridized carbons (Fsp3) is 1.00. The molecule has 40 valence electrons. The zero-order chi connectivity index (χ0) is 5.70. The molecule has 0 aromatic rings. The molecule has 0 aliphatic rings. The van der Waals surface area contributed by atoms with Crippen LogP contribution in [-0.2, 0) is 0 Å². The summed E-state index contributed by atoms with van der Waals surface area (Å²) < 4.78 is 11.6. The largest absolute Gasteiger partial charge is 0.248 e. The Balaban J connectivity index is 3.13. The minimum absolute atomic E-state index is 0.0590. The summed E-state index contributed by atoms with van der Waals surface area (Å²) in [5.74, 6) is 0.